The number of pyridine rings is 1. The van der Waals surface area contributed by atoms with Crippen LogP contribution < -0.4 is 10.6 Å². The first kappa shape index (κ1) is 13.3. The Labute approximate surface area is 122 Å². The number of benzene rings is 1. The number of anilines is 1. The van der Waals surface area contributed by atoms with Gasteiger partial charge < -0.3 is 10.6 Å². The third-order valence-electron chi connectivity index (χ3n) is 3.64. The zero-order chi connectivity index (χ0) is 13.9. The maximum atomic E-state index is 12.3. The van der Waals surface area contributed by atoms with Crippen molar-refractivity contribution in [1.82, 2.24) is 10.3 Å². The molecule has 0 spiro atoms. The molecule has 1 amide bonds. The summed E-state index contributed by atoms with van der Waals surface area (Å²) >= 11 is 6.15. The normalized spacial score (nSPS) is 18.9. The van der Waals surface area contributed by atoms with E-state index in [0.29, 0.717) is 5.02 Å². The Morgan fingerprint density at radius 3 is 3.10 bits per heavy atom. The van der Waals surface area contributed by atoms with Gasteiger partial charge in [-0.15, -0.1) is 0 Å². The lowest BCUT2D eigenvalue weighted by Crippen LogP contribution is -2.37. The van der Waals surface area contributed by atoms with Gasteiger partial charge in [0.2, 0.25) is 5.91 Å². The predicted octanol–water partition coefficient (Wildman–Crippen LogP) is 2.83. The zero-order valence-electron chi connectivity index (χ0n) is 11.0. The van der Waals surface area contributed by atoms with Crippen LogP contribution in [0, 0.1) is 5.92 Å². The summed E-state index contributed by atoms with van der Waals surface area (Å²) in [6, 6.07) is 7.35. The van der Waals surface area contributed by atoms with Gasteiger partial charge in [0.25, 0.3) is 0 Å². The molecule has 0 saturated carbocycles. The summed E-state index contributed by atoms with van der Waals surface area (Å²) in [6.45, 7) is 1.74. The number of piperidine rings is 1. The van der Waals surface area contributed by atoms with Gasteiger partial charge in [-0.05, 0) is 43.7 Å². The molecule has 1 saturated heterocycles. The lowest BCUT2D eigenvalue weighted by atomic mass is 9.98. The summed E-state index contributed by atoms with van der Waals surface area (Å²) in [5.41, 5.74) is 1.46. The lowest BCUT2D eigenvalue weighted by molar-refractivity contribution is -0.120. The van der Waals surface area contributed by atoms with E-state index in [9.17, 15) is 4.79 Å². The zero-order valence-corrected chi connectivity index (χ0v) is 11.8. The molecule has 0 aliphatic carbocycles. The van der Waals surface area contributed by atoms with Crippen molar-refractivity contribution >= 4 is 34.1 Å². The summed E-state index contributed by atoms with van der Waals surface area (Å²) in [6.07, 6.45) is 3.67. The minimum atomic E-state index is 0.0261. The van der Waals surface area contributed by atoms with E-state index >= 15 is 0 Å². The highest BCUT2D eigenvalue weighted by molar-refractivity contribution is 6.35. The van der Waals surface area contributed by atoms with Crippen LogP contribution in [-0.2, 0) is 4.79 Å². The maximum absolute atomic E-state index is 12.3. The second-order valence-electron chi connectivity index (χ2n) is 5.03. The second kappa shape index (κ2) is 5.77. The van der Waals surface area contributed by atoms with E-state index in [0.717, 1.165) is 42.5 Å². The van der Waals surface area contributed by atoms with Crippen molar-refractivity contribution < 1.29 is 4.79 Å². The summed E-state index contributed by atoms with van der Waals surface area (Å²) in [7, 11) is 0. The summed E-state index contributed by atoms with van der Waals surface area (Å²) in [4.78, 5) is 16.6. The van der Waals surface area contributed by atoms with Crippen LogP contribution in [0.5, 0.6) is 0 Å². The number of amides is 1. The van der Waals surface area contributed by atoms with Gasteiger partial charge in [-0.3, -0.25) is 9.78 Å². The van der Waals surface area contributed by atoms with E-state index in [1.165, 1.54) is 0 Å². The topological polar surface area (TPSA) is 54.0 Å². The van der Waals surface area contributed by atoms with E-state index in [4.69, 9.17) is 11.6 Å². The fourth-order valence-electron chi connectivity index (χ4n) is 2.55. The molecule has 0 bridgehead atoms. The van der Waals surface area contributed by atoms with Gasteiger partial charge in [-0.2, -0.15) is 0 Å². The molecule has 1 fully saturated rings. The number of rotatable bonds is 2. The Kier molecular flexibility index (Phi) is 3.85. The molecule has 3 rings (SSSR count). The number of hydrogen-bond acceptors (Lipinski definition) is 3. The number of nitrogens with zero attached hydrogens (tertiary/aromatic N) is 1. The van der Waals surface area contributed by atoms with E-state index in [1.807, 2.05) is 18.2 Å². The molecule has 104 valence electrons. The molecule has 1 aromatic heterocycles. The molecule has 0 radical (unpaired) electrons. The Hall–Kier alpha value is -1.65. The standard InChI is InChI=1S/C15H16ClN3O/c16-12-5-6-13(14-11(12)4-2-8-18-14)19-15(20)10-3-1-7-17-9-10/h2,4-6,8,10,17H,1,3,7,9H2,(H,19,20). The molecule has 1 atom stereocenters. The SMILES string of the molecule is O=C(Nc1ccc(Cl)c2cccnc12)C1CCCNC1. The molecular formula is C15H16ClN3O. The Morgan fingerprint density at radius 1 is 1.40 bits per heavy atom. The fraction of sp³-hybridized carbons (Fsp3) is 0.333. The van der Waals surface area contributed by atoms with Crippen LogP contribution in [0.25, 0.3) is 10.9 Å². The van der Waals surface area contributed by atoms with Crippen LogP contribution in [0.3, 0.4) is 0 Å². The highest BCUT2D eigenvalue weighted by atomic mass is 35.5. The van der Waals surface area contributed by atoms with E-state index in [-0.39, 0.29) is 11.8 Å². The molecule has 1 aliphatic rings. The molecule has 2 N–H and O–H groups in total. The third kappa shape index (κ3) is 2.62. The summed E-state index contributed by atoms with van der Waals surface area (Å²) in [5, 5.41) is 7.73. The summed E-state index contributed by atoms with van der Waals surface area (Å²) < 4.78 is 0. The molecule has 20 heavy (non-hydrogen) atoms. The first-order chi connectivity index (χ1) is 9.75. The average Bonchev–Trinajstić information content (AvgIpc) is 2.51. The first-order valence-electron chi connectivity index (χ1n) is 6.80. The van der Waals surface area contributed by atoms with Gasteiger partial charge in [0.05, 0.1) is 22.1 Å². The number of carbonyl (C=O) groups excluding carboxylic acids is 1. The molecular weight excluding hydrogens is 274 g/mol. The van der Waals surface area contributed by atoms with Crippen LogP contribution in [0.1, 0.15) is 12.8 Å². The Bertz CT molecular complexity index is 638. The monoisotopic (exact) mass is 289 g/mol. The van der Waals surface area contributed by atoms with Crippen LogP contribution >= 0.6 is 11.6 Å². The van der Waals surface area contributed by atoms with Gasteiger partial charge in [-0.25, -0.2) is 0 Å². The molecule has 4 nitrogen and oxygen atoms in total. The smallest absolute Gasteiger partial charge is 0.228 e. The highest BCUT2D eigenvalue weighted by Crippen LogP contribution is 2.28. The van der Waals surface area contributed by atoms with Crippen LogP contribution in [0.2, 0.25) is 5.02 Å². The van der Waals surface area contributed by atoms with Crippen LogP contribution in [-0.4, -0.2) is 24.0 Å². The minimum Gasteiger partial charge on any atom is -0.324 e. The van der Waals surface area contributed by atoms with Crippen molar-refractivity contribution in [2.75, 3.05) is 18.4 Å². The van der Waals surface area contributed by atoms with Crippen molar-refractivity contribution in [2.45, 2.75) is 12.8 Å². The molecule has 2 heterocycles. The number of fused-ring (bicyclic) bond motifs is 1. The lowest BCUT2D eigenvalue weighted by Gasteiger charge is -2.22. The van der Waals surface area contributed by atoms with Crippen molar-refractivity contribution in [2.24, 2.45) is 5.92 Å². The van der Waals surface area contributed by atoms with Crippen LogP contribution in [0.4, 0.5) is 5.69 Å². The van der Waals surface area contributed by atoms with Crippen molar-refractivity contribution in [3.63, 3.8) is 0 Å². The molecule has 5 heteroatoms. The van der Waals surface area contributed by atoms with Gasteiger partial charge >= 0.3 is 0 Å². The molecule has 2 aromatic rings. The summed E-state index contributed by atoms with van der Waals surface area (Å²) in [5.74, 6) is 0.0738. The second-order valence-corrected chi connectivity index (χ2v) is 5.43. The van der Waals surface area contributed by atoms with Crippen LogP contribution in [0.15, 0.2) is 30.5 Å². The van der Waals surface area contributed by atoms with E-state index in [2.05, 4.69) is 15.6 Å². The largest absolute Gasteiger partial charge is 0.324 e. The van der Waals surface area contributed by atoms with Crippen molar-refractivity contribution in [3.05, 3.63) is 35.5 Å². The Morgan fingerprint density at radius 2 is 2.30 bits per heavy atom. The van der Waals surface area contributed by atoms with Crippen molar-refractivity contribution in [3.8, 4) is 0 Å². The number of aromatic nitrogens is 1. The third-order valence-corrected chi connectivity index (χ3v) is 3.97. The van der Waals surface area contributed by atoms with Gasteiger partial charge in [0.1, 0.15) is 0 Å². The average molecular weight is 290 g/mol. The molecule has 1 aromatic carbocycles. The first-order valence-corrected chi connectivity index (χ1v) is 7.18. The number of carbonyl (C=O) groups is 1. The highest BCUT2D eigenvalue weighted by Gasteiger charge is 2.21. The van der Waals surface area contributed by atoms with Gasteiger partial charge in [0.15, 0.2) is 0 Å². The maximum Gasteiger partial charge on any atom is 0.228 e. The number of nitrogens with one attached hydrogen (secondary N) is 2. The fourth-order valence-corrected chi connectivity index (χ4v) is 2.76. The van der Waals surface area contributed by atoms with E-state index in [1.54, 1.807) is 12.3 Å². The van der Waals surface area contributed by atoms with Gasteiger partial charge in [0, 0.05) is 18.1 Å². The quantitative estimate of drug-likeness (QED) is 0.894. The van der Waals surface area contributed by atoms with Crippen molar-refractivity contribution in [1.29, 1.82) is 0 Å². The van der Waals surface area contributed by atoms with Gasteiger partial charge in [-0.1, -0.05) is 11.6 Å². The molecule has 1 unspecified atom stereocenters. The van der Waals surface area contributed by atoms with E-state index < -0.39 is 0 Å². The minimum absolute atomic E-state index is 0.0261. The predicted molar refractivity (Wildman–Crippen MR) is 81.0 cm³/mol. The number of halogens is 1. The number of hydrogen-bond donors (Lipinski definition) is 2. The molecule has 1 aliphatic heterocycles. The Balaban J connectivity index is 1.87.